The Hall–Kier alpha value is -3.68. The second kappa shape index (κ2) is 8.99. The summed E-state index contributed by atoms with van der Waals surface area (Å²) in [6.07, 6.45) is 0. The lowest BCUT2D eigenvalue weighted by Crippen LogP contribution is -2.49. The second-order valence-corrected chi connectivity index (χ2v) is 7.25. The van der Waals surface area contributed by atoms with E-state index in [0.717, 1.165) is 11.3 Å². The molecule has 7 nitrogen and oxygen atoms in total. The van der Waals surface area contributed by atoms with Crippen molar-refractivity contribution >= 4 is 17.6 Å². The van der Waals surface area contributed by atoms with E-state index < -0.39 is 5.97 Å². The van der Waals surface area contributed by atoms with Crippen LogP contribution in [0.25, 0.3) is 11.3 Å². The number of carbonyl (C=O) groups is 2. The molecule has 1 aromatic heterocycles. The molecular weight excluding hydrogens is 401 g/mol. The Kier molecular flexibility index (Phi) is 5.97. The van der Waals surface area contributed by atoms with E-state index in [-0.39, 0.29) is 23.9 Å². The van der Waals surface area contributed by atoms with Crippen molar-refractivity contribution < 1.29 is 23.2 Å². The predicted molar refractivity (Wildman–Crippen MR) is 112 cm³/mol. The third-order valence-corrected chi connectivity index (χ3v) is 5.26. The van der Waals surface area contributed by atoms with Gasteiger partial charge < -0.3 is 19.1 Å². The molecule has 31 heavy (non-hydrogen) atoms. The average molecular weight is 423 g/mol. The Morgan fingerprint density at radius 3 is 2.39 bits per heavy atom. The maximum absolute atomic E-state index is 13.1. The van der Waals surface area contributed by atoms with Crippen LogP contribution in [0.3, 0.4) is 0 Å². The minimum atomic E-state index is -0.643. The van der Waals surface area contributed by atoms with Gasteiger partial charge in [-0.15, -0.1) is 0 Å². The van der Waals surface area contributed by atoms with Crippen molar-refractivity contribution in [2.45, 2.75) is 6.92 Å². The number of hydrogen-bond acceptors (Lipinski definition) is 6. The molecule has 160 valence electrons. The van der Waals surface area contributed by atoms with E-state index in [1.54, 1.807) is 24.0 Å². The van der Waals surface area contributed by atoms with E-state index in [2.05, 4.69) is 10.1 Å². The zero-order valence-corrected chi connectivity index (χ0v) is 17.1. The van der Waals surface area contributed by atoms with Gasteiger partial charge in [-0.05, 0) is 31.2 Å². The summed E-state index contributed by atoms with van der Waals surface area (Å²) >= 11 is 0. The molecule has 0 radical (unpaired) electrons. The quantitative estimate of drug-likeness (QED) is 0.586. The minimum absolute atomic E-state index is 0.222. The maximum atomic E-state index is 13.1. The second-order valence-electron chi connectivity index (χ2n) is 7.25. The fourth-order valence-electron chi connectivity index (χ4n) is 3.56. The number of nitrogens with zero attached hydrogens (tertiary/aromatic N) is 3. The summed E-state index contributed by atoms with van der Waals surface area (Å²) in [6, 6.07) is 15.5. The number of amides is 1. The molecule has 1 aliphatic heterocycles. The van der Waals surface area contributed by atoms with Crippen LogP contribution in [0.5, 0.6) is 0 Å². The van der Waals surface area contributed by atoms with E-state index in [0.29, 0.717) is 37.6 Å². The van der Waals surface area contributed by atoms with Gasteiger partial charge in [-0.25, -0.2) is 9.18 Å². The number of halogens is 1. The topological polar surface area (TPSA) is 75.9 Å². The van der Waals surface area contributed by atoms with E-state index >= 15 is 0 Å². The predicted octanol–water partition coefficient (Wildman–Crippen LogP) is 3.29. The fourth-order valence-corrected chi connectivity index (χ4v) is 3.56. The van der Waals surface area contributed by atoms with Gasteiger partial charge in [0.1, 0.15) is 22.8 Å². The molecule has 0 unspecified atom stereocenters. The van der Waals surface area contributed by atoms with Gasteiger partial charge in [-0.3, -0.25) is 4.79 Å². The lowest BCUT2D eigenvalue weighted by Gasteiger charge is -2.36. The highest BCUT2D eigenvalue weighted by Gasteiger charge is 2.26. The third kappa shape index (κ3) is 4.58. The summed E-state index contributed by atoms with van der Waals surface area (Å²) in [6.45, 7) is 3.51. The molecule has 0 atom stereocenters. The zero-order valence-electron chi connectivity index (χ0n) is 17.1. The molecule has 8 heteroatoms. The maximum Gasteiger partial charge on any atom is 0.344 e. The number of hydrogen-bond donors (Lipinski definition) is 0. The van der Waals surface area contributed by atoms with Crippen LogP contribution < -0.4 is 4.90 Å². The Balaban J connectivity index is 1.33. The van der Waals surface area contributed by atoms with Crippen molar-refractivity contribution in [2.75, 3.05) is 37.7 Å². The first-order valence-corrected chi connectivity index (χ1v) is 10.00. The Morgan fingerprint density at radius 2 is 1.71 bits per heavy atom. The molecule has 2 heterocycles. The summed E-state index contributed by atoms with van der Waals surface area (Å²) < 4.78 is 23.6. The number of piperazine rings is 1. The largest absolute Gasteiger partial charge is 0.452 e. The minimum Gasteiger partial charge on any atom is -0.452 e. The van der Waals surface area contributed by atoms with E-state index in [4.69, 9.17) is 9.26 Å². The molecule has 3 aromatic rings. The lowest BCUT2D eigenvalue weighted by atomic mass is 10.1. The molecule has 1 fully saturated rings. The van der Waals surface area contributed by atoms with Gasteiger partial charge in [0, 0.05) is 37.4 Å². The normalized spacial score (nSPS) is 13.9. The summed E-state index contributed by atoms with van der Waals surface area (Å²) in [7, 11) is 0. The van der Waals surface area contributed by atoms with Gasteiger partial charge in [-0.2, -0.15) is 0 Å². The first-order valence-electron chi connectivity index (χ1n) is 10.00. The van der Waals surface area contributed by atoms with Crippen molar-refractivity contribution in [3.05, 3.63) is 71.7 Å². The molecule has 0 N–H and O–H groups in total. The first-order chi connectivity index (χ1) is 15.0. The van der Waals surface area contributed by atoms with Crippen molar-refractivity contribution in [1.29, 1.82) is 0 Å². The van der Waals surface area contributed by atoms with Gasteiger partial charge >= 0.3 is 5.97 Å². The molecule has 4 rings (SSSR count). The molecule has 1 aliphatic rings. The summed E-state index contributed by atoms with van der Waals surface area (Å²) in [5.41, 5.74) is 2.26. The number of anilines is 1. The SMILES string of the molecule is Cc1onc(-c2ccccc2)c1C(=O)OCC(=O)N1CCN(c2ccc(F)cc2)CC1. The highest BCUT2D eigenvalue weighted by molar-refractivity contribution is 5.98. The van der Waals surface area contributed by atoms with E-state index in [1.165, 1.54) is 12.1 Å². The molecule has 0 spiro atoms. The standard InChI is InChI=1S/C23H22FN3O4/c1-16-21(22(25-31-16)17-5-3-2-4-6-17)23(29)30-15-20(28)27-13-11-26(12-14-27)19-9-7-18(24)8-10-19/h2-10H,11-15H2,1H3. The number of rotatable bonds is 5. The Labute approximate surface area is 179 Å². The third-order valence-electron chi connectivity index (χ3n) is 5.26. The molecular formula is C23H22FN3O4. The monoisotopic (exact) mass is 423 g/mol. The van der Waals surface area contributed by atoms with Crippen LogP contribution in [0.15, 0.2) is 59.1 Å². The van der Waals surface area contributed by atoms with Gasteiger partial charge in [0.05, 0.1) is 0 Å². The van der Waals surface area contributed by atoms with Crippen molar-refractivity contribution in [3.63, 3.8) is 0 Å². The van der Waals surface area contributed by atoms with Gasteiger partial charge in [0.2, 0.25) is 0 Å². The van der Waals surface area contributed by atoms with Gasteiger partial charge in [0.15, 0.2) is 6.61 Å². The number of carbonyl (C=O) groups excluding carboxylic acids is 2. The number of aromatic nitrogens is 1. The summed E-state index contributed by atoms with van der Waals surface area (Å²) in [4.78, 5) is 28.9. The van der Waals surface area contributed by atoms with Crippen molar-refractivity contribution in [1.82, 2.24) is 10.1 Å². The van der Waals surface area contributed by atoms with Crippen LogP contribution in [0.1, 0.15) is 16.1 Å². The van der Waals surface area contributed by atoms with Crippen LogP contribution in [0.2, 0.25) is 0 Å². The van der Waals surface area contributed by atoms with Crippen LogP contribution in [-0.2, 0) is 9.53 Å². The molecule has 0 saturated carbocycles. The summed E-state index contributed by atoms with van der Waals surface area (Å²) in [5, 5.41) is 3.97. The first kappa shape index (κ1) is 20.6. The number of ether oxygens (including phenoxy) is 1. The van der Waals surface area contributed by atoms with E-state index in [1.807, 2.05) is 30.3 Å². The van der Waals surface area contributed by atoms with Crippen LogP contribution in [0.4, 0.5) is 10.1 Å². The lowest BCUT2D eigenvalue weighted by molar-refractivity contribution is -0.134. The number of esters is 1. The average Bonchev–Trinajstić information content (AvgIpc) is 3.20. The highest BCUT2D eigenvalue weighted by atomic mass is 19.1. The Morgan fingerprint density at radius 1 is 1.03 bits per heavy atom. The number of aryl methyl sites for hydroxylation is 1. The fraction of sp³-hybridized carbons (Fsp3) is 0.261. The van der Waals surface area contributed by atoms with Crippen LogP contribution >= 0.6 is 0 Å². The smallest absolute Gasteiger partial charge is 0.344 e. The molecule has 0 bridgehead atoms. The number of benzene rings is 2. The van der Waals surface area contributed by atoms with Crippen molar-refractivity contribution in [2.24, 2.45) is 0 Å². The van der Waals surface area contributed by atoms with E-state index in [9.17, 15) is 14.0 Å². The Bertz CT molecular complexity index is 1060. The van der Waals surface area contributed by atoms with Crippen LogP contribution in [0, 0.1) is 12.7 Å². The van der Waals surface area contributed by atoms with Gasteiger partial charge in [-0.1, -0.05) is 35.5 Å². The highest BCUT2D eigenvalue weighted by Crippen LogP contribution is 2.25. The van der Waals surface area contributed by atoms with Crippen molar-refractivity contribution in [3.8, 4) is 11.3 Å². The van der Waals surface area contributed by atoms with Gasteiger partial charge in [0.25, 0.3) is 5.91 Å². The molecule has 1 amide bonds. The molecule has 0 aliphatic carbocycles. The zero-order chi connectivity index (χ0) is 21.8. The molecule has 1 saturated heterocycles. The van der Waals surface area contributed by atoms with Crippen LogP contribution in [-0.4, -0.2) is 54.7 Å². The summed E-state index contributed by atoms with van der Waals surface area (Å²) in [5.74, 6) is -0.847. The molecule has 2 aromatic carbocycles.